The summed E-state index contributed by atoms with van der Waals surface area (Å²) in [5, 5.41) is 9.54. The van der Waals surface area contributed by atoms with Gasteiger partial charge in [-0.25, -0.2) is 0 Å². The van der Waals surface area contributed by atoms with Crippen LogP contribution in [0.15, 0.2) is 0 Å². The highest BCUT2D eigenvalue weighted by atomic mass is 16.5. The van der Waals surface area contributed by atoms with Crippen LogP contribution in [0.3, 0.4) is 0 Å². The number of hydrogen-bond acceptors (Lipinski definition) is 3. The Kier molecular flexibility index (Phi) is 22.2. The number of hydrogen-bond donors (Lipinski definition) is 1. The average Bonchev–Trinajstić information content (AvgIpc) is 2.79. The molecule has 0 aromatic rings. The molecule has 1 N–H and O–H groups in total. The average molecular weight is 441 g/mol. The van der Waals surface area contributed by atoms with Gasteiger partial charge in [-0.2, -0.15) is 0 Å². The van der Waals surface area contributed by atoms with Crippen LogP contribution < -0.4 is 0 Å². The van der Waals surface area contributed by atoms with Crippen LogP contribution in [0.5, 0.6) is 0 Å². The van der Waals surface area contributed by atoms with Gasteiger partial charge in [0, 0.05) is 11.8 Å². The first kappa shape index (κ1) is 30.4. The van der Waals surface area contributed by atoms with Crippen LogP contribution >= 0.6 is 0 Å². The van der Waals surface area contributed by atoms with E-state index in [1.807, 2.05) is 13.8 Å². The van der Waals surface area contributed by atoms with Crippen LogP contribution in [0.25, 0.3) is 0 Å². The second-order valence-corrected chi connectivity index (χ2v) is 9.79. The predicted octanol–water partition coefficient (Wildman–Crippen LogP) is 8.76. The molecule has 0 spiro atoms. The summed E-state index contributed by atoms with van der Waals surface area (Å²) < 4.78 is 5.41. The van der Waals surface area contributed by atoms with Gasteiger partial charge in [-0.3, -0.25) is 4.79 Å². The molecule has 0 fully saturated rings. The first-order chi connectivity index (χ1) is 15.1. The zero-order chi connectivity index (χ0) is 23.0. The molecule has 31 heavy (non-hydrogen) atoms. The van der Waals surface area contributed by atoms with Crippen molar-refractivity contribution in [3.05, 3.63) is 0 Å². The van der Waals surface area contributed by atoms with Crippen molar-refractivity contribution in [2.45, 2.75) is 156 Å². The van der Waals surface area contributed by atoms with Crippen LogP contribution in [0.1, 0.15) is 156 Å². The van der Waals surface area contributed by atoms with Gasteiger partial charge in [0.15, 0.2) is 0 Å². The van der Waals surface area contributed by atoms with E-state index in [2.05, 4.69) is 6.92 Å². The topological polar surface area (TPSA) is 46.5 Å². The third-order valence-corrected chi connectivity index (χ3v) is 7.11. The fourth-order valence-corrected chi connectivity index (χ4v) is 4.20. The molecule has 0 amide bonds. The quantitative estimate of drug-likeness (QED) is 0.120. The zero-order valence-electron chi connectivity index (χ0n) is 21.5. The summed E-state index contributed by atoms with van der Waals surface area (Å²) >= 11 is 0. The lowest BCUT2D eigenvalue weighted by Gasteiger charge is -2.28. The summed E-state index contributed by atoms with van der Waals surface area (Å²) in [6, 6.07) is 0. The molecule has 0 saturated carbocycles. The number of carbonyl (C=O) groups is 1. The smallest absolute Gasteiger partial charge is 0.305 e. The number of esters is 1. The van der Waals surface area contributed by atoms with Gasteiger partial charge in [0.1, 0.15) is 0 Å². The van der Waals surface area contributed by atoms with Crippen LogP contribution in [-0.2, 0) is 9.53 Å². The number of aliphatic hydroxyl groups excluding tert-OH is 1. The number of rotatable bonds is 24. The third kappa shape index (κ3) is 18.7. The van der Waals surface area contributed by atoms with Crippen molar-refractivity contribution in [1.29, 1.82) is 0 Å². The van der Waals surface area contributed by atoms with Crippen molar-refractivity contribution in [2.24, 2.45) is 5.41 Å². The Balaban J connectivity index is 3.30. The lowest BCUT2D eigenvalue weighted by atomic mass is 9.84. The second-order valence-electron chi connectivity index (χ2n) is 9.79. The standard InChI is InChI=1S/C28H56O3/c1-4-7-8-9-10-11-12-13-14-15-16-17-18-19-20-21-22-23-24-27(30)31-26-28(5-2,6-3)25-29/h29H,4-26H2,1-3H3. The number of ether oxygens (including phenoxy) is 1. The number of carbonyl (C=O) groups excluding carboxylic acids is 1. The van der Waals surface area contributed by atoms with E-state index in [0.717, 1.165) is 25.7 Å². The van der Waals surface area contributed by atoms with E-state index >= 15 is 0 Å². The van der Waals surface area contributed by atoms with Gasteiger partial charge >= 0.3 is 5.97 Å². The van der Waals surface area contributed by atoms with Gasteiger partial charge in [-0.05, 0) is 19.3 Å². The molecule has 3 nitrogen and oxygen atoms in total. The highest BCUT2D eigenvalue weighted by molar-refractivity contribution is 5.69. The molecule has 0 saturated heterocycles. The summed E-state index contributed by atoms with van der Waals surface area (Å²) in [5.74, 6) is -0.101. The summed E-state index contributed by atoms with van der Waals surface area (Å²) in [6.45, 7) is 6.82. The second kappa shape index (κ2) is 22.6. The molecule has 0 aromatic heterocycles. The molecule has 0 radical (unpaired) electrons. The molecular formula is C28H56O3. The molecule has 0 aliphatic rings. The van der Waals surface area contributed by atoms with Crippen molar-refractivity contribution in [1.82, 2.24) is 0 Å². The highest BCUT2D eigenvalue weighted by Gasteiger charge is 2.27. The maximum Gasteiger partial charge on any atom is 0.305 e. The molecular weight excluding hydrogens is 384 g/mol. The van der Waals surface area contributed by atoms with Crippen LogP contribution in [-0.4, -0.2) is 24.3 Å². The molecule has 0 aliphatic carbocycles. The minimum atomic E-state index is -0.246. The maximum atomic E-state index is 11.9. The van der Waals surface area contributed by atoms with Crippen molar-refractivity contribution in [3.8, 4) is 0 Å². The number of unbranched alkanes of at least 4 members (excludes halogenated alkanes) is 17. The summed E-state index contributed by atoms with van der Waals surface area (Å²) in [5.41, 5.74) is -0.246. The van der Waals surface area contributed by atoms with Gasteiger partial charge in [-0.1, -0.05) is 130 Å². The van der Waals surface area contributed by atoms with Gasteiger partial charge in [-0.15, -0.1) is 0 Å². The SMILES string of the molecule is CCCCCCCCCCCCCCCCCCCCC(=O)OCC(CC)(CC)CO. The molecule has 0 aromatic carbocycles. The lowest BCUT2D eigenvalue weighted by Crippen LogP contribution is -2.31. The van der Waals surface area contributed by atoms with Crippen LogP contribution in [0.2, 0.25) is 0 Å². The minimum absolute atomic E-state index is 0.0898. The normalized spacial score (nSPS) is 11.7. The summed E-state index contributed by atoms with van der Waals surface area (Å²) in [4.78, 5) is 11.9. The van der Waals surface area contributed by atoms with E-state index in [1.165, 1.54) is 103 Å². The number of aliphatic hydroxyl groups is 1. The molecule has 0 atom stereocenters. The van der Waals surface area contributed by atoms with Crippen molar-refractivity contribution >= 4 is 5.97 Å². The van der Waals surface area contributed by atoms with E-state index < -0.39 is 0 Å². The van der Waals surface area contributed by atoms with Crippen molar-refractivity contribution in [3.63, 3.8) is 0 Å². The Morgan fingerprint density at radius 3 is 1.29 bits per heavy atom. The molecule has 186 valence electrons. The monoisotopic (exact) mass is 440 g/mol. The summed E-state index contributed by atoms with van der Waals surface area (Å²) in [6.07, 6.45) is 26.6. The molecule has 0 heterocycles. The van der Waals surface area contributed by atoms with Gasteiger partial charge < -0.3 is 9.84 Å². The van der Waals surface area contributed by atoms with Crippen LogP contribution in [0, 0.1) is 5.41 Å². The molecule has 0 bridgehead atoms. The Morgan fingerprint density at radius 2 is 0.968 bits per heavy atom. The molecule has 0 unspecified atom stereocenters. The van der Waals surface area contributed by atoms with E-state index in [4.69, 9.17) is 4.74 Å². The van der Waals surface area contributed by atoms with Crippen molar-refractivity contribution < 1.29 is 14.6 Å². The Bertz CT molecular complexity index is 368. The Morgan fingerprint density at radius 1 is 0.613 bits per heavy atom. The first-order valence-electron chi connectivity index (χ1n) is 13.9. The van der Waals surface area contributed by atoms with Crippen LogP contribution in [0.4, 0.5) is 0 Å². The fourth-order valence-electron chi connectivity index (χ4n) is 4.20. The first-order valence-corrected chi connectivity index (χ1v) is 13.9. The zero-order valence-corrected chi connectivity index (χ0v) is 21.5. The maximum absolute atomic E-state index is 11.9. The van der Waals surface area contributed by atoms with Gasteiger partial charge in [0.25, 0.3) is 0 Å². The van der Waals surface area contributed by atoms with E-state index in [9.17, 15) is 9.90 Å². The molecule has 0 rings (SSSR count). The van der Waals surface area contributed by atoms with Gasteiger partial charge in [0.05, 0.1) is 13.2 Å². The third-order valence-electron chi connectivity index (χ3n) is 7.11. The minimum Gasteiger partial charge on any atom is -0.465 e. The predicted molar refractivity (Wildman–Crippen MR) is 134 cm³/mol. The lowest BCUT2D eigenvalue weighted by molar-refractivity contribution is -0.148. The van der Waals surface area contributed by atoms with E-state index in [1.54, 1.807) is 0 Å². The van der Waals surface area contributed by atoms with E-state index in [0.29, 0.717) is 13.0 Å². The van der Waals surface area contributed by atoms with Crippen molar-refractivity contribution in [2.75, 3.05) is 13.2 Å². The summed E-state index contributed by atoms with van der Waals surface area (Å²) in [7, 11) is 0. The largest absolute Gasteiger partial charge is 0.465 e. The molecule has 3 heteroatoms. The Hall–Kier alpha value is -0.570. The van der Waals surface area contributed by atoms with Gasteiger partial charge in [0.2, 0.25) is 0 Å². The fraction of sp³-hybridized carbons (Fsp3) is 0.964. The highest BCUT2D eigenvalue weighted by Crippen LogP contribution is 2.26. The van der Waals surface area contributed by atoms with E-state index in [-0.39, 0.29) is 18.0 Å². The Labute approximate surface area is 195 Å². The molecule has 0 aliphatic heterocycles.